The molecule has 0 aromatic heterocycles. The van der Waals surface area contributed by atoms with Crippen molar-refractivity contribution in [1.29, 1.82) is 0 Å². The third-order valence-corrected chi connectivity index (χ3v) is 5.28. The van der Waals surface area contributed by atoms with Crippen LogP contribution in [0.4, 0.5) is 0 Å². The molecule has 0 aliphatic heterocycles. The van der Waals surface area contributed by atoms with Crippen LogP contribution in [-0.2, 0) is 16.7 Å². The molecular formula is C19H28NO3S+. The summed E-state index contributed by atoms with van der Waals surface area (Å²) in [6.45, 7) is 11.7. The highest BCUT2D eigenvalue weighted by atomic mass is 32.2. The van der Waals surface area contributed by atoms with Crippen molar-refractivity contribution in [1.82, 2.24) is 0 Å². The van der Waals surface area contributed by atoms with Crippen molar-refractivity contribution in [3.63, 3.8) is 0 Å². The number of rotatable bonds is 6. The van der Waals surface area contributed by atoms with E-state index in [1.54, 1.807) is 18.2 Å². The van der Waals surface area contributed by atoms with Crippen molar-refractivity contribution >= 4 is 10.1 Å². The van der Waals surface area contributed by atoms with Crippen molar-refractivity contribution < 1.29 is 17.5 Å². The van der Waals surface area contributed by atoms with Crippen molar-refractivity contribution in [2.75, 3.05) is 19.6 Å². The zero-order valence-electron chi connectivity index (χ0n) is 14.7. The fourth-order valence-electron chi connectivity index (χ4n) is 2.57. The Balaban J connectivity index is 0.000000254. The molecule has 0 radical (unpaired) electrons. The van der Waals surface area contributed by atoms with Gasteiger partial charge in [0.2, 0.25) is 0 Å². The molecule has 2 rings (SSSR count). The zero-order chi connectivity index (χ0) is 18.1. The highest BCUT2D eigenvalue weighted by molar-refractivity contribution is 7.85. The molecule has 2 aromatic rings. The molecule has 0 unspecified atom stereocenters. The lowest BCUT2D eigenvalue weighted by Crippen LogP contribution is -2.46. The van der Waals surface area contributed by atoms with Gasteiger partial charge in [-0.15, -0.1) is 0 Å². The minimum atomic E-state index is -4.00. The Bertz CT molecular complexity index is 673. The molecule has 0 saturated carbocycles. The van der Waals surface area contributed by atoms with Gasteiger partial charge in [-0.3, -0.25) is 4.55 Å². The van der Waals surface area contributed by atoms with Crippen LogP contribution in [-0.4, -0.2) is 37.1 Å². The largest absolute Gasteiger partial charge is 0.321 e. The Hall–Kier alpha value is -1.69. The van der Waals surface area contributed by atoms with E-state index >= 15 is 0 Å². The Labute approximate surface area is 146 Å². The predicted molar refractivity (Wildman–Crippen MR) is 98.3 cm³/mol. The van der Waals surface area contributed by atoms with Crippen LogP contribution in [0.15, 0.2) is 65.6 Å². The maximum atomic E-state index is 10.4. The minimum absolute atomic E-state index is 0.0741. The molecule has 4 nitrogen and oxygen atoms in total. The fraction of sp³-hybridized carbons (Fsp3) is 0.368. The maximum Gasteiger partial charge on any atom is 0.294 e. The van der Waals surface area contributed by atoms with E-state index < -0.39 is 10.1 Å². The van der Waals surface area contributed by atoms with Gasteiger partial charge in [0.05, 0.1) is 24.5 Å². The number of nitrogens with zero attached hydrogens (tertiary/aromatic N) is 1. The molecular weight excluding hydrogens is 322 g/mol. The molecule has 24 heavy (non-hydrogen) atoms. The third kappa shape index (κ3) is 6.43. The predicted octanol–water partition coefficient (Wildman–Crippen LogP) is 4.00. The summed E-state index contributed by atoms with van der Waals surface area (Å²) in [5, 5.41) is 0. The van der Waals surface area contributed by atoms with Crippen LogP contribution in [0.3, 0.4) is 0 Å². The van der Waals surface area contributed by atoms with Gasteiger partial charge in [0.1, 0.15) is 6.54 Å². The van der Waals surface area contributed by atoms with Crippen molar-refractivity contribution in [2.24, 2.45) is 0 Å². The molecule has 0 fully saturated rings. The Morgan fingerprint density at radius 3 is 1.54 bits per heavy atom. The second-order valence-corrected chi connectivity index (χ2v) is 7.14. The van der Waals surface area contributed by atoms with E-state index in [-0.39, 0.29) is 4.90 Å². The third-order valence-electron chi connectivity index (χ3n) is 4.41. The Morgan fingerprint density at radius 1 is 0.792 bits per heavy atom. The zero-order valence-corrected chi connectivity index (χ0v) is 15.5. The van der Waals surface area contributed by atoms with Gasteiger partial charge in [-0.2, -0.15) is 8.42 Å². The summed E-state index contributed by atoms with van der Waals surface area (Å²) in [5.74, 6) is 0. The number of hydrogen-bond donors (Lipinski definition) is 1. The number of benzene rings is 2. The van der Waals surface area contributed by atoms with Crippen LogP contribution in [0.25, 0.3) is 0 Å². The van der Waals surface area contributed by atoms with Crippen LogP contribution < -0.4 is 0 Å². The van der Waals surface area contributed by atoms with E-state index in [1.807, 2.05) is 0 Å². The molecule has 0 amide bonds. The molecule has 0 atom stereocenters. The molecule has 1 N–H and O–H groups in total. The second kappa shape index (κ2) is 9.57. The highest BCUT2D eigenvalue weighted by Crippen LogP contribution is 2.13. The quantitative estimate of drug-likeness (QED) is 0.633. The SMILES string of the molecule is CC[N+](CC)(CC)Cc1ccccc1.O=S(=O)(O)c1ccccc1. The molecule has 0 heterocycles. The van der Waals surface area contributed by atoms with E-state index in [0.717, 1.165) is 0 Å². The summed E-state index contributed by atoms with van der Waals surface area (Å²) < 4.78 is 30.4. The van der Waals surface area contributed by atoms with E-state index in [1.165, 1.54) is 48.4 Å². The molecule has 0 aliphatic rings. The lowest BCUT2D eigenvalue weighted by atomic mass is 10.2. The standard InChI is InChI=1S/C13H22N.C6H6O3S/c1-4-14(5-2,6-3)12-13-10-8-7-9-11-13;7-10(8,9)6-4-2-1-3-5-6/h7-11H,4-6,12H2,1-3H3;1-5H,(H,7,8,9)/q+1;. The molecule has 0 aliphatic carbocycles. The van der Waals surface area contributed by atoms with Crippen LogP contribution in [0.2, 0.25) is 0 Å². The summed E-state index contributed by atoms with van der Waals surface area (Å²) in [7, 11) is -4.00. The summed E-state index contributed by atoms with van der Waals surface area (Å²) in [4.78, 5) is -0.0741. The second-order valence-electron chi connectivity index (χ2n) is 5.72. The van der Waals surface area contributed by atoms with E-state index in [0.29, 0.717) is 0 Å². The van der Waals surface area contributed by atoms with Crippen molar-refractivity contribution in [3.8, 4) is 0 Å². The van der Waals surface area contributed by atoms with Gasteiger partial charge in [-0.1, -0.05) is 48.5 Å². The number of quaternary nitrogens is 1. The summed E-state index contributed by atoms with van der Waals surface area (Å²) >= 11 is 0. The first-order valence-corrected chi connectivity index (χ1v) is 9.72. The smallest absolute Gasteiger partial charge is 0.294 e. The molecule has 5 heteroatoms. The lowest BCUT2D eigenvalue weighted by Gasteiger charge is -2.35. The molecule has 2 aromatic carbocycles. The molecule has 132 valence electrons. The van der Waals surface area contributed by atoms with E-state index in [2.05, 4.69) is 51.1 Å². The van der Waals surface area contributed by atoms with Crippen LogP contribution >= 0.6 is 0 Å². The van der Waals surface area contributed by atoms with Gasteiger partial charge in [0.25, 0.3) is 10.1 Å². The summed E-state index contributed by atoms with van der Waals surface area (Å²) in [6.07, 6.45) is 0. The Kier molecular flexibility index (Phi) is 8.11. The Morgan fingerprint density at radius 2 is 1.21 bits per heavy atom. The highest BCUT2D eigenvalue weighted by Gasteiger charge is 2.20. The molecule has 0 saturated heterocycles. The lowest BCUT2D eigenvalue weighted by molar-refractivity contribution is -0.936. The first kappa shape index (κ1) is 20.4. The van der Waals surface area contributed by atoms with Crippen LogP contribution in [0.1, 0.15) is 26.3 Å². The fourth-order valence-corrected chi connectivity index (χ4v) is 3.07. The van der Waals surface area contributed by atoms with Crippen LogP contribution in [0, 0.1) is 0 Å². The van der Waals surface area contributed by atoms with Crippen molar-refractivity contribution in [3.05, 3.63) is 66.2 Å². The average molecular weight is 351 g/mol. The van der Waals surface area contributed by atoms with E-state index in [9.17, 15) is 8.42 Å². The molecule has 0 spiro atoms. The minimum Gasteiger partial charge on any atom is -0.321 e. The van der Waals surface area contributed by atoms with Crippen molar-refractivity contribution in [2.45, 2.75) is 32.2 Å². The van der Waals surface area contributed by atoms with Gasteiger partial charge < -0.3 is 4.48 Å². The van der Waals surface area contributed by atoms with Gasteiger partial charge in [0.15, 0.2) is 0 Å². The summed E-state index contributed by atoms with van der Waals surface area (Å²) in [6, 6.07) is 18.2. The summed E-state index contributed by atoms with van der Waals surface area (Å²) in [5.41, 5.74) is 1.46. The van der Waals surface area contributed by atoms with E-state index in [4.69, 9.17) is 4.55 Å². The normalized spacial score (nSPS) is 11.5. The maximum absolute atomic E-state index is 10.4. The molecule has 0 bridgehead atoms. The first-order valence-electron chi connectivity index (χ1n) is 8.28. The van der Waals surface area contributed by atoms with Gasteiger partial charge in [-0.25, -0.2) is 0 Å². The van der Waals surface area contributed by atoms with Crippen LogP contribution in [0.5, 0.6) is 0 Å². The monoisotopic (exact) mass is 350 g/mol. The van der Waals surface area contributed by atoms with Gasteiger partial charge >= 0.3 is 0 Å². The average Bonchev–Trinajstić information content (AvgIpc) is 2.61. The number of hydrogen-bond acceptors (Lipinski definition) is 2. The van der Waals surface area contributed by atoms with Gasteiger partial charge in [0, 0.05) is 5.56 Å². The topological polar surface area (TPSA) is 54.4 Å². The first-order chi connectivity index (χ1) is 11.4. The van der Waals surface area contributed by atoms with Gasteiger partial charge in [-0.05, 0) is 32.9 Å².